The Morgan fingerprint density at radius 1 is 1.15 bits per heavy atom. The van der Waals surface area contributed by atoms with Gasteiger partial charge in [0.15, 0.2) is 0 Å². The van der Waals surface area contributed by atoms with E-state index in [1.54, 1.807) is 0 Å². The molecule has 0 aliphatic carbocycles. The Hall–Kier alpha value is -2.30. The van der Waals surface area contributed by atoms with Crippen molar-refractivity contribution in [2.45, 2.75) is 13.8 Å². The van der Waals surface area contributed by atoms with Crippen LogP contribution in [0, 0.1) is 13.8 Å². The highest BCUT2D eigenvalue weighted by Gasteiger charge is 2.24. The number of hydrogen-bond acceptors (Lipinski definition) is 2. The molecule has 0 bridgehead atoms. The lowest BCUT2D eigenvalue weighted by atomic mass is 10.1. The molecule has 1 aromatic heterocycles. The van der Waals surface area contributed by atoms with Crippen LogP contribution in [0.4, 0.5) is 5.69 Å². The van der Waals surface area contributed by atoms with E-state index in [2.05, 4.69) is 41.9 Å². The van der Waals surface area contributed by atoms with Gasteiger partial charge in [0.2, 0.25) is 5.78 Å². The van der Waals surface area contributed by atoms with Crippen molar-refractivity contribution in [1.82, 2.24) is 4.98 Å². The molecule has 27 heavy (non-hydrogen) atoms. The molecule has 2 aromatic carbocycles. The molecule has 140 valence electrons. The van der Waals surface area contributed by atoms with Gasteiger partial charge >= 0.3 is 0 Å². The van der Waals surface area contributed by atoms with Crippen LogP contribution in [0.15, 0.2) is 42.6 Å². The summed E-state index contributed by atoms with van der Waals surface area (Å²) in [6.07, 6.45) is 1.86. The Morgan fingerprint density at radius 3 is 2.70 bits per heavy atom. The molecule has 3 aromatic rings. The fraction of sp³-hybridized carbons (Fsp3) is 0.318. The Kier molecular flexibility index (Phi) is 4.94. The molecule has 0 unspecified atom stereocenters. The zero-order valence-electron chi connectivity index (χ0n) is 15.8. The standard InChI is InChI=1S/C22H24ClN3O/c1-15-3-6-20-18(11-15)19(13-24-20)22(27)14-25-7-9-26(10-8-25)21-12-17(23)5-4-16(21)2/h3-6,11-13,24H,7-10,14H2,1-2H3/p+1. The molecule has 4 rings (SSSR count). The average Bonchev–Trinajstić information content (AvgIpc) is 3.07. The van der Waals surface area contributed by atoms with E-state index in [1.165, 1.54) is 21.7 Å². The molecule has 0 atom stereocenters. The Labute approximate surface area is 164 Å². The largest absolute Gasteiger partial charge is 0.360 e. The van der Waals surface area contributed by atoms with Gasteiger partial charge in [-0.05, 0) is 43.7 Å². The number of quaternary nitrogens is 1. The summed E-state index contributed by atoms with van der Waals surface area (Å²) >= 11 is 6.17. The van der Waals surface area contributed by atoms with Crippen LogP contribution >= 0.6 is 11.6 Å². The monoisotopic (exact) mass is 382 g/mol. The fourth-order valence-electron chi connectivity index (χ4n) is 3.95. The Morgan fingerprint density at radius 2 is 1.93 bits per heavy atom. The number of nitrogens with one attached hydrogen (secondary N) is 2. The lowest BCUT2D eigenvalue weighted by Gasteiger charge is -2.34. The Balaban J connectivity index is 1.42. The van der Waals surface area contributed by atoms with Crippen LogP contribution in [-0.2, 0) is 0 Å². The zero-order chi connectivity index (χ0) is 19.0. The molecule has 4 nitrogen and oxygen atoms in total. The number of hydrogen-bond donors (Lipinski definition) is 2. The highest BCUT2D eigenvalue weighted by atomic mass is 35.5. The van der Waals surface area contributed by atoms with Crippen molar-refractivity contribution in [2.24, 2.45) is 0 Å². The maximum Gasteiger partial charge on any atom is 0.219 e. The van der Waals surface area contributed by atoms with Gasteiger partial charge < -0.3 is 14.8 Å². The van der Waals surface area contributed by atoms with E-state index in [4.69, 9.17) is 11.6 Å². The van der Waals surface area contributed by atoms with Gasteiger partial charge in [0.05, 0.1) is 26.2 Å². The van der Waals surface area contributed by atoms with Crippen LogP contribution < -0.4 is 9.80 Å². The molecule has 1 fully saturated rings. The number of carbonyl (C=O) groups is 1. The topological polar surface area (TPSA) is 40.5 Å². The quantitative estimate of drug-likeness (QED) is 0.681. The number of aromatic amines is 1. The number of rotatable bonds is 4. The smallest absolute Gasteiger partial charge is 0.219 e. The predicted molar refractivity (Wildman–Crippen MR) is 111 cm³/mol. The normalized spacial score (nSPS) is 15.4. The number of halogens is 1. The third-order valence-electron chi connectivity index (χ3n) is 5.53. The van der Waals surface area contributed by atoms with Crippen molar-refractivity contribution >= 4 is 34.0 Å². The number of benzene rings is 2. The number of anilines is 1. The highest BCUT2D eigenvalue weighted by Crippen LogP contribution is 2.24. The molecule has 2 heterocycles. The molecule has 0 spiro atoms. The summed E-state index contributed by atoms with van der Waals surface area (Å²) in [7, 11) is 0. The maximum atomic E-state index is 12.9. The molecule has 1 aliphatic heterocycles. The minimum Gasteiger partial charge on any atom is -0.360 e. The molecule has 5 heteroatoms. The number of piperazine rings is 1. The van der Waals surface area contributed by atoms with Crippen molar-refractivity contribution in [2.75, 3.05) is 37.6 Å². The number of H-pyrrole nitrogens is 1. The van der Waals surface area contributed by atoms with Gasteiger partial charge in [0.25, 0.3) is 0 Å². The van der Waals surface area contributed by atoms with Gasteiger partial charge in [-0.3, -0.25) is 4.79 Å². The van der Waals surface area contributed by atoms with Crippen molar-refractivity contribution < 1.29 is 9.69 Å². The van der Waals surface area contributed by atoms with Crippen molar-refractivity contribution in [3.05, 3.63) is 64.3 Å². The lowest BCUT2D eigenvalue weighted by Crippen LogP contribution is -3.15. The summed E-state index contributed by atoms with van der Waals surface area (Å²) in [5.74, 6) is 0.217. The predicted octanol–water partition coefficient (Wildman–Crippen LogP) is 3.03. The van der Waals surface area contributed by atoms with Crippen molar-refractivity contribution in [3.8, 4) is 0 Å². The number of aryl methyl sites for hydroxylation is 2. The van der Waals surface area contributed by atoms with Gasteiger partial charge in [-0.2, -0.15) is 0 Å². The van der Waals surface area contributed by atoms with E-state index in [1.807, 2.05) is 24.4 Å². The van der Waals surface area contributed by atoms with Gasteiger partial charge in [0, 0.05) is 33.4 Å². The number of ketones is 1. The zero-order valence-corrected chi connectivity index (χ0v) is 16.6. The summed E-state index contributed by atoms with van der Waals surface area (Å²) in [5, 5.41) is 1.81. The molecular formula is C22H25ClN3O+. The molecule has 2 N–H and O–H groups in total. The average molecular weight is 383 g/mol. The first-order valence-corrected chi connectivity index (χ1v) is 9.84. The second-order valence-electron chi connectivity index (χ2n) is 7.52. The molecule has 0 amide bonds. The first-order chi connectivity index (χ1) is 13.0. The van der Waals surface area contributed by atoms with E-state index in [-0.39, 0.29) is 5.78 Å². The van der Waals surface area contributed by atoms with Crippen LogP contribution in [0.2, 0.25) is 5.02 Å². The summed E-state index contributed by atoms with van der Waals surface area (Å²) in [6.45, 7) is 8.52. The highest BCUT2D eigenvalue weighted by molar-refractivity contribution is 6.30. The van der Waals surface area contributed by atoms with Gasteiger partial charge in [0.1, 0.15) is 6.54 Å². The third kappa shape index (κ3) is 3.73. The van der Waals surface area contributed by atoms with Crippen molar-refractivity contribution in [1.29, 1.82) is 0 Å². The van der Waals surface area contributed by atoms with Crippen LogP contribution in [0.1, 0.15) is 21.5 Å². The maximum absolute atomic E-state index is 12.9. The van der Waals surface area contributed by atoms with Gasteiger partial charge in [-0.1, -0.05) is 29.3 Å². The summed E-state index contributed by atoms with van der Waals surface area (Å²) in [5.41, 5.74) is 5.47. The van der Waals surface area contributed by atoms with E-state index in [0.29, 0.717) is 6.54 Å². The minimum absolute atomic E-state index is 0.217. The second-order valence-corrected chi connectivity index (χ2v) is 7.96. The van der Waals surface area contributed by atoms with Crippen LogP contribution in [-0.4, -0.2) is 43.5 Å². The first-order valence-electron chi connectivity index (χ1n) is 9.47. The van der Waals surface area contributed by atoms with E-state index >= 15 is 0 Å². The minimum atomic E-state index is 0.217. The van der Waals surface area contributed by atoms with E-state index < -0.39 is 0 Å². The molecule has 0 radical (unpaired) electrons. The Bertz CT molecular complexity index is 986. The molecule has 1 aliphatic rings. The van der Waals surface area contributed by atoms with Crippen molar-refractivity contribution in [3.63, 3.8) is 0 Å². The molecule has 0 saturated carbocycles. The fourth-order valence-corrected chi connectivity index (χ4v) is 4.12. The van der Waals surface area contributed by atoms with Gasteiger partial charge in [-0.25, -0.2) is 0 Å². The number of nitrogens with zero attached hydrogens (tertiary/aromatic N) is 1. The first kappa shape index (κ1) is 18.1. The van der Waals surface area contributed by atoms with Crippen LogP contribution in [0.3, 0.4) is 0 Å². The van der Waals surface area contributed by atoms with E-state index in [9.17, 15) is 4.79 Å². The van der Waals surface area contributed by atoms with E-state index in [0.717, 1.165) is 47.7 Å². The van der Waals surface area contributed by atoms with Gasteiger partial charge in [-0.15, -0.1) is 0 Å². The number of carbonyl (C=O) groups excluding carboxylic acids is 1. The number of Topliss-reactive ketones (excluding diaryl/α,β-unsaturated/α-hetero) is 1. The van der Waals surface area contributed by atoms with Crippen LogP contribution in [0.5, 0.6) is 0 Å². The molecule has 1 saturated heterocycles. The number of aromatic nitrogens is 1. The molecular weight excluding hydrogens is 358 g/mol. The summed E-state index contributed by atoms with van der Waals surface area (Å²) in [4.78, 5) is 19.8. The lowest BCUT2D eigenvalue weighted by molar-refractivity contribution is -0.892. The second kappa shape index (κ2) is 7.37. The SMILES string of the molecule is Cc1ccc2[nH]cc(C(=O)C[NH+]3CCN(c4cc(Cl)ccc4C)CC3)c2c1. The summed E-state index contributed by atoms with van der Waals surface area (Å²) in [6, 6.07) is 12.2. The number of fused-ring (bicyclic) bond motifs is 1. The van der Waals surface area contributed by atoms with Crippen LogP contribution in [0.25, 0.3) is 10.9 Å². The summed E-state index contributed by atoms with van der Waals surface area (Å²) < 4.78 is 0. The third-order valence-corrected chi connectivity index (χ3v) is 5.77.